The van der Waals surface area contributed by atoms with Gasteiger partial charge in [0.25, 0.3) is 5.91 Å². The first-order chi connectivity index (χ1) is 13.4. The van der Waals surface area contributed by atoms with Crippen molar-refractivity contribution in [2.75, 3.05) is 40.3 Å². The molecule has 0 bridgehead atoms. The van der Waals surface area contributed by atoms with Crippen LogP contribution in [0.25, 0.3) is 0 Å². The molecule has 0 aromatic heterocycles. The average Bonchev–Trinajstić information content (AvgIpc) is 2.64. The summed E-state index contributed by atoms with van der Waals surface area (Å²) in [5.41, 5.74) is 2.07. The Morgan fingerprint density at radius 2 is 1.59 bits per heavy atom. The van der Waals surface area contributed by atoms with Crippen LogP contribution < -0.4 is 5.32 Å². The SMILES string of the molecule is CN(C)CC(C)(C)CNC(=O)C1CCN(C(=O)c2ccc(C(C)(C)C)cc2)CC1. The Labute approximate surface area is 176 Å². The van der Waals surface area contributed by atoms with E-state index in [1.165, 1.54) is 5.56 Å². The van der Waals surface area contributed by atoms with E-state index in [0.29, 0.717) is 19.6 Å². The third kappa shape index (κ3) is 6.84. The van der Waals surface area contributed by atoms with E-state index in [-0.39, 0.29) is 28.6 Å². The molecular formula is C24H39N3O2. The number of benzene rings is 1. The number of likely N-dealkylation sites (tertiary alicyclic amines) is 1. The van der Waals surface area contributed by atoms with Crippen LogP contribution in [0.3, 0.4) is 0 Å². The zero-order valence-corrected chi connectivity index (χ0v) is 19.3. The third-order valence-corrected chi connectivity index (χ3v) is 5.64. The highest BCUT2D eigenvalue weighted by Crippen LogP contribution is 2.24. The molecule has 1 fully saturated rings. The quantitative estimate of drug-likeness (QED) is 0.793. The van der Waals surface area contributed by atoms with Crippen molar-refractivity contribution in [3.8, 4) is 0 Å². The molecule has 1 N–H and O–H groups in total. The molecule has 1 aliphatic heterocycles. The smallest absolute Gasteiger partial charge is 0.253 e. The summed E-state index contributed by atoms with van der Waals surface area (Å²) in [7, 11) is 4.10. The lowest BCUT2D eigenvalue weighted by atomic mass is 9.86. The standard InChI is InChI=1S/C24H39N3O2/c1-23(2,3)20-10-8-19(9-11-20)22(29)27-14-12-18(13-15-27)21(28)25-16-24(4,5)17-26(6)7/h8-11,18H,12-17H2,1-7H3,(H,25,28). The van der Waals surface area contributed by atoms with Gasteiger partial charge in [-0.1, -0.05) is 46.8 Å². The van der Waals surface area contributed by atoms with Crippen LogP contribution in [0.5, 0.6) is 0 Å². The molecule has 2 rings (SSSR count). The molecule has 1 aliphatic rings. The zero-order chi connectivity index (χ0) is 21.8. The van der Waals surface area contributed by atoms with E-state index >= 15 is 0 Å². The van der Waals surface area contributed by atoms with Crippen LogP contribution in [0.1, 0.15) is 63.4 Å². The monoisotopic (exact) mass is 401 g/mol. The second-order valence-electron chi connectivity index (χ2n) is 10.5. The number of carbonyl (C=O) groups excluding carboxylic acids is 2. The summed E-state index contributed by atoms with van der Waals surface area (Å²) in [5, 5.41) is 3.13. The number of piperidine rings is 1. The number of carbonyl (C=O) groups is 2. The van der Waals surface area contributed by atoms with Gasteiger partial charge in [-0.2, -0.15) is 0 Å². The summed E-state index contributed by atoms with van der Waals surface area (Å²) >= 11 is 0. The van der Waals surface area contributed by atoms with Crippen molar-refractivity contribution in [2.24, 2.45) is 11.3 Å². The molecule has 0 saturated carbocycles. The van der Waals surface area contributed by atoms with Gasteiger partial charge in [-0.25, -0.2) is 0 Å². The van der Waals surface area contributed by atoms with Gasteiger partial charge < -0.3 is 15.1 Å². The van der Waals surface area contributed by atoms with Crippen LogP contribution in [0.15, 0.2) is 24.3 Å². The zero-order valence-electron chi connectivity index (χ0n) is 19.3. The van der Waals surface area contributed by atoms with Gasteiger partial charge in [-0.15, -0.1) is 0 Å². The third-order valence-electron chi connectivity index (χ3n) is 5.64. The molecule has 1 heterocycles. The number of hydrogen-bond donors (Lipinski definition) is 1. The largest absolute Gasteiger partial charge is 0.355 e. The van der Waals surface area contributed by atoms with Gasteiger partial charge in [0.1, 0.15) is 0 Å². The predicted octanol–water partition coefficient (Wildman–Crippen LogP) is 3.54. The van der Waals surface area contributed by atoms with Crippen molar-refractivity contribution in [2.45, 2.75) is 52.9 Å². The van der Waals surface area contributed by atoms with E-state index in [9.17, 15) is 9.59 Å². The summed E-state index contributed by atoms with van der Waals surface area (Å²) in [6.07, 6.45) is 1.46. The lowest BCUT2D eigenvalue weighted by Gasteiger charge is -2.33. The summed E-state index contributed by atoms with van der Waals surface area (Å²) in [5.74, 6) is 0.187. The predicted molar refractivity (Wildman–Crippen MR) is 119 cm³/mol. The van der Waals surface area contributed by atoms with Gasteiger partial charge in [0.05, 0.1) is 0 Å². The lowest BCUT2D eigenvalue weighted by Crippen LogP contribution is -2.46. The molecule has 0 atom stereocenters. The van der Waals surface area contributed by atoms with Crippen molar-refractivity contribution in [3.63, 3.8) is 0 Å². The second-order valence-corrected chi connectivity index (χ2v) is 10.5. The fourth-order valence-corrected chi connectivity index (χ4v) is 4.02. The Kier molecular flexibility index (Phi) is 7.50. The second kappa shape index (κ2) is 9.29. The van der Waals surface area contributed by atoms with Crippen LogP contribution in [0.4, 0.5) is 0 Å². The maximum atomic E-state index is 12.8. The molecule has 0 radical (unpaired) electrons. The van der Waals surface area contributed by atoms with Gasteiger partial charge >= 0.3 is 0 Å². The van der Waals surface area contributed by atoms with Crippen LogP contribution in [0, 0.1) is 11.3 Å². The Morgan fingerprint density at radius 3 is 2.07 bits per heavy atom. The maximum absolute atomic E-state index is 12.8. The Hall–Kier alpha value is -1.88. The number of nitrogens with one attached hydrogen (secondary N) is 1. The Bertz CT molecular complexity index is 694. The maximum Gasteiger partial charge on any atom is 0.253 e. The fraction of sp³-hybridized carbons (Fsp3) is 0.667. The van der Waals surface area contributed by atoms with Crippen LogP contribution >= 0.6 is 0 Å². The first-order valence-corrected chi connectivity index (χ1v) is 10.7. The van der Waals surface area contributed by atoms with E-state index in [4.69, 9.17) is 0 Å². The van der Waals surface area contributed by atoms with Gasteiger partial charge in [0.15, 0.2) is 0 Å². The topological polar surface area (TPSA) is 52.7 Å². The molecule has 162 valence electrons. The number of nitrogens with zero attached hydrogens (tertiary/aromatic N) is 2. The number of amides is 2. The van der Waals surface area contributed by atoms with Crippen LogP contribution in [0.2, 0.25) is 0 Å². The molecular weight excluding hydrogens is 362 g/mol. The molecule has 0 spiro atoms. The van der Waals surface area contributed by atoms with Crippen LogP contribution in [-0.2, 0) is 10.2 Å². The summed E-state index contributed by atoms with van der Waals surface area (Å²) in [4.78, 5) is 29.4. The first-order valence-electron chi connectivity index (χ1n) is 10.7. The van der Waals surface area contributed by atoms with E-state index in [1.54, 1.807) is 0 Å². The fourth-order valence-electron chi connectivity index (χ4n) is 4.02. The Morgan fingerprint density at radius 1 is 1.03 bits per heavy atom. The van der Waals surface area contributed by atoms with Gasteiger partial charge in [0, 0.05) is 37.7 Å². The minimum absolute atomic E-state index is 0.00234. The molecule has 5 heteroatoms. The lowest BCUT2D eigenvalue weighted by molar-refractivity contribution is -0.126. The molecule has 1 aromatic rings. The molecule has 5 nitrogen and oxygen atoms in total. The van der Waals surface area contributed by atoms with Crippen molar-refractivity contribution >= 4 is 11.8 Å². The minimum atomic E-state index is -0.00234. The number of rotatable bonds is 6. The minimum Gasteiger partial charge on any atom is -0.355 e. The van der Waals surface area contributed by atoms with Gasteiger partial charge in [-0.3, -0.25) is 9.59 Å². The van der Waals surface area contributed by atoms with E-state index in [0.717, 1.165) is 24.9 Å². The van der Waals surface area contributed by atoms with E-state index in [1.807, 2.05) is 43.3 Å². The molecule has 1 saturated heterocycles. The van der Waals surface area contributed by atoms with Crippen molar-refractivity contribution in [1.82, 2.24) is 15.1 Å². The van der Waals surface area contributed by atoms with E-state index in [2.05, 4.69) is 44.8 Å². The molecule has 0 aliphatic carbocycles. The summed E-state index contributed by atoms with van der Waals surface area (Å²) in [6, 6.07) is 7.94. The van der Waals surface area contributed by atoms with Gasteiger partial charge in [0.2, 0.25) is 5.91 Å². The molecule has 1 aromatic carbocycles. The number of hydrogen-bond acceptors (Lipinski definition) is 3. The normalized spacial score (nSPS) is 16.2. The molecule has 29 heavy (non-hydrogen) atoms. The summed E-state index contributed by atoms with van der Waals surface area (Å²) < 4.78 is 0. The highest BCUT2D eigenvalue weighted by atomic mass is 16.2. The summed E-state index contributed by atoms with van der Waals surface area (Å²) in [6.45, 7) is 13.7. The highest BCUT2D eigenvalue weighted by Gasteiger charge is 2.29. The first kappa shape index (κ1) is 23.4. The average molecular weight is 402 g/mol. The molecule has 0 unspecified atom stereocenters. The van der Waals surface area contributed by atoms with Crippen LogP contribution in [-0.4, -0.2) is 61.9 Å². The highest BCUT2D eigenvalue weighted by molar-refractivity contribution is 5.94. The van der Waals surface area contributed by atoms with Crippen molar-refractivity contribution < 1.29 is 9.59 Å². The Balaban J connectivity index is 1.85. The molecule has 2 amide bonds. The van der Waals surface area contributed by atoms with Gasteiger partial charge in [-0.05, 0) is 55.5 Å². The van der Waals surface area contributed by atoms with Crippen molar-refractivity contribution in [3.05, 3.63) is 35.4 Å². The van der Waals surface area contributed by atoms with E-state index < -0.39 is 0 Å². The van der Waals surface area contributed by atoms with Crippen molar-refractivity contribution in [1.29, 1.82) is 0 Å².